The van der Waals surface area contributed by atoms with E-state index in [-0.39, 0.29) is 11.7 Å². The van der Waals surface area contributed by atoms with E-state index in [1.54, 1.807) is 18.2 Å². The fraction of sp³-hybridized carbons (Fsp3) is 0.231. The lowest BCUT2D eigenvalue weighted by atomic mass is 9.92. The highest BCUT2D eigenvalue weighted by Crippen LogP contribution is 2.34. The number of aromatic nitrogens is 1. The number of para-hydroxylation sites is 1. The summed E-state index contributed by atoms with van der Waals surface area (Å²) < 4.78 is 5.88. The maximum atomic E-state index is 12.9. The van der Waals surface area contributed by atoms with Crippen LogP contribution in [0.25, 0.3) is 21.8 Å². The molecule has 0 bridgehead atoms. The number of ketones is 1. The number of aromatic amines is 1. The number of carbonyl (C=O) groups is 2. The number of benzene rings is 3. The topological polar surface area (TPSA) is 71.2 Å². The Morgan fingerprint density at radius 2 is 1.94 bits per heavy atom. The molecule has 156 valence electrons. The SMILES string of the molecule is CCc1cccc2c1[nH]c1cc(NC(=O)c3ccc4c(c3)C(=O)CC(C)(C)O4)ccc12. The van der Waals surface area contributed by atoms with Gasteiger partial charge in [0.15, 0.2) is 5.78 Å². The normalized spacial score (nSPS) is 15.0. The summed E-state index contributed by atoms with van der Waals surface area (Å²) >= 11 is 0. The fourth-order valence-corrected chi connectivity index (χ4v) is 4.36. The van der Waals surface area contributed by atoms with Crippen molar-refractivity contribution in [2.24, 2.45) is 0 Å². The van der Waals surface area contributed by atoms with Gasteiger partial charge in [0, 0.05) is 33.1 Å². The van der Waals surface area contributed by atoms with Crippen LogP contribution in [0, 0.1) is 0 Å². The van der Waals surface area contributed by atoms with Crippen molar-refractivity contribution in [3.8, 4) is 5.75 Å². The molecule has 4 aromatic rings. The number of rotatable bonds is 3. The van der Waals surface area contributed by atoms with Gasteiger partial charge in [-0.2, -0.15) is 0 Å². The third-order valence-corrected chi connectivity index (χ3v) is 5.87. The van der Waals surface area contributed by atoms with E-state index < -0.39 is 5.60 Å². The van der Waals surface area contributed by atoms with Gasteiger partial charge in [-0.15, -0.1) is 0 Å². The third-order valence-electron chi connectivity index (χ3n) is 5.87. The van der Waals surface area contributed by atoms with Gasteiger partial charge in [-0.1, -0.05) is 31.2 Å². The van der Waals surface area contributed by atoms with Crippen molar-refractivity contribution < 1.29 is 14.3 Å². The molecule has 1 amide bonds. The van der Waals surface area contributed by atoms with Crippen LogP contribution in [0.1, 0.15) is 53.5 Å². The number of aryl methyl sites for hydroxylation is 1. The molecule has 0 radical (unpaired) electrons. The molecular formula is C26H24N2O3. The molecule has 0 saturated carbocycles. The number of H-pyrrole nitrogens is 1. The van der Waals surface area contributed by atoms with Gasteiger partial charge in [-0.25, -0.2) is 0 Å². The first-order valence-corrected chi connectivity index (χ1v) is 10.6. The quantitative estimate of drug-likeness (QED) is 0.441. The number of fused-ring (bicyclic) bond motifs is 4. The molecule has 1 aliphatic heterocycles. The second-order valence-corrected chi connectivity index (χ2v) is 8.71. The van der Waals surface area contributed by atoms with Gasteiger partial charge in [-0.3, -0.25) is 9.59 Å². The first-order chi connectivity index (χ1) is 14.8. The first kappa shape index (κ1) is 19.4. The zero-order valence-electron chi connectivity index (χ0n) is 17.8. The second kappa shape index (κ2) is 6.98. The van der Waals surface area contributed by atoms with Gasteiger partial charge in [-0.05, 0) is 56.2 Å². The van der Waals surface area contributed by atoms with Gasteiger partial charge in [0.25, 0.3) is 5.91 Å². The molecule has 0 spiro atoms. The number of amides is 1. The Kier molecular flexibility index (Phi) is 4.36. The molecule has 5 nitrogen and oxygen atoms in total. The van der Waals surface area contributed by atoms with Crippen molar-refractivity contribution >= 4 is 39.2 Å². The number of Topliss-reactive ketones (excluding diaryl/α,β-unsaturated/α-hetero) is 1. The summed E-state index contributed by atoms with van der Waals surface area (Å²) in [5.41, 5.74) is 4.45. The average Bonchev–Trinajstić information content (AvgIpc) is 3.10. The standard InChI is InChI=1S/C26H24N2O3/c1-4-15-6-5-7-19-18-10-9-17(13-21(18)28-24(15)19)27-25(30)16-8-11-23-20(12-16)22(29)14-26(2,3)31-23/h5-13,28H,4,14H2,1-3H3,(H,27,30). The molecule has 5 heteroatoms. The highest BCUT2D eigenvalue weighted by molar-refractivity contribution is 6.11. The van der Waals surface area contributed by atoms with Crippen LogP contribution in [0.15, 0.2) is 54.6 Å². The zero-order valence-corrected chi connectivity index (χ0v) is 17.8. The Morgan fingerprint density at radius 1 is 1.10 bits per heavy atom. The predicted molar refractivity (Wildman–Crippen MR) is 123 cm³/mol. The van der Waals surface area contributed by atoms with Crippen molar-refractivity contribution in [1.82, 2.24) is 4.98 Å². The van der Waals surface area contributed by atoms with Crippen LogP contribution in [0.2, 0.25) is 0 Å². The summed E-state index contributed by atoms with van der Waals surface area (Å²) in [7, 11) is 0. The van der Waals surface area contributed by atoms with Crippen molar-refractivity contribution in [2.75, 3.05) is 5.32 Å². The molecule has 0 aliphatic carbocycles. The fourth-order valence-electron chi connectivity index (χ4n) is 4.36. The number of ether oxygens (including phenoxy) is 1. The lowest BCUT2D eigenvalue weighted by molar-refractivity contribution is 0.0620. The monoisotopic (exact) mass is 412 g/mol. The highest BCUT2D eigenvalue weighted by Gasteiger charge is 2.32. The summed E-state index contributed by atoms with van der Waals surface area (Å²) in [4.78, 5) is 28.9. The Morgan fingerprint density at radius 3 is 2.74 bits per heavy atom. The van der Waals surface area contributed by atoms with Crippen LogP contribution in [0.4, 0.5) is 5.69 Å². The smallest absolute Gasteiger partial charge is 0.255 e. The molecule has 0 fully saturated rings. The van der Waals surface area contributed by atoms with Crippen LogP contribution in [0.3, 0.4) is 0 Å². The van der Waals surface area contributed by atoms with Crippen molar-refractivity contribution in [3.63, 3.8) is 0 Å². The van der Waals surface area contributed by atoms with Gasteiger partial charge < -0.3 is 15.0 Å². The van der Waals surface area contributed by atoms with Crippen molar-refractivity contribution in [3.05, 3.63) is 71.3 Å². The van der Waals surface area contributed by atoms with Crippen LogP contribution in [0.5, 0.6) is 5.75 Å². The summed E-state index contributed by atoms with van der Waals surface area (Å²) in [5, 5.41) is 5.26. The molecule has 0 saturated heterocycles. The summed E-state index contributed by atoms with van der Waals surface area (Å²) in [6, 6.07) is 17.2. The summed E-state index contributed by atoms with van der Waals surface area (Å²) in [6.07, 6.45) is 1.24. The Hall–Kier alpha value is -3.60. The molecule has 1 aliphatic rings. The van der Waals surface area contributed by atoms with E-state index in [1.165, 1.54) is 10.9 Å². The van der Waals surface area contributed by atoms with Crippen molar-refractivity contribution in [1.29, 1.82) is 0 Å². The molecular weight excluding hydrogens is 388 g/mol. The van der Waals surface area contributed by atoms with E-state index in [0.717, 1.165) is 22.8 Å². The lowest BCUT2D eigenvalue weighted by Gasteiger charge is -2.31. The minimum absolute atomic E-state index is 0.00729. The average molecular weight is 412 g/mol. The van der Waals surface area contributed by atoms with Gasteiger partial charge in [0.2, 0.25) is 0 Å². The molecule has 5 rings (SSSR count). The van der Waals surface area contributed by atoms with Crippen LogP contribution < -0.4 is 10.1 Å². The molecule has 3 aromatic carbocycles. The molecule has 0 atom stereocenters. The third kappa shape index (κ3) is 3.36. The van der Waals surface area contributed by atoms with Crippen LogP contribution in [-0.4, -0.2) is 22.3 Å². The van der Waals surface area contributed by atoms with Gasteiger partial charge in [0.1, 0.15) is 11.4 Å². The van der Waals surface area contributed by atoms with Crippen LogP contribution >= 0.6 is 0 Å². The Bertz CT molecular complexity index is 1360. The van der Waals surface area contributed by atoms with Gasteiger partial charge in [0.05, 0.1) is 12.0 Å². The van der Waals surface area contributed by atoms with E-state index >= 15 is 0 Å². The maximum Gasteiger partial charge on any atom is 0.255 e. The van der Waals surface area contributed by atoms with E-state index in [0.29, 0.717) is 29.0 Å². The van der Waals surface area contributed by atoms with Crippen molar-refractivity contribution in [2.45, 2.75) is 39.2 Å². The molecule has 0 unspecified atom stereocenters. The second-order valence-electron chi connectivity index (χ2n) is 8.71. The maximum absolute atomic E-state index is 12.9. The highest BCUT2D eigenvalue weighted by atomic mass is 16.5. The number of nitrogens with one attached hydrogen (secondary N) is 2. The summed E-state index contributed by atoms with van der Waals surface area (Å²) in [5.74, 6) is 0.265. The van der Waals surface area contributed by atoms with E-state index in [9.17, 15) is 9.59 Å². The number of hydrogen-bond donors (Lipinski definition) is 2. The Labute approximate surface area is 180 Å². The van der Waals surface area contributed by atoms with E-state index in [2.05, 4.69) is 35.4 Å². The predicted octanol–water partition coefficient (Wildman–Crippen LogP) is 5.88. The largest absolute Gasteiger partial charge is 0.487 e. The number of hydrogen-bond acceptors (Lipinski definition) is 3. The molecule has 2 N–H and O–H groups in total. The minimum atomic E-state index is -0.527. The van der Waals surface area contributed by atoms with E-state index in [4.69, 9.17) is 4.74 Å². The minimum Gasteiger partial charge on any atom is -0.487 e. The van der Waals surface area contributed by atoms with Crippen LogP contribution in [-0.2, 0) is 6.42 Å². The molecule has 1 aromatic heterocycles. The Balaban J connectivity index is 1.45. The lowest BCUT2D eigenvalue weighted by Crippen LogP contribution is -2.36. The first-order valence-electron chi connectivity index (χ1n) is 10.6. The molecule has 2 heterocycles. The number of anilines is 1. The summed E-state index contributed by atoms with van der Waals surface area (Å²) in [6.45, 7) is 5.91. The van der Waals surface area contributed by atoms with E-state index in [1.807, 2.05) is 32.0 Å². The zero-order chi connectivity index (χ0) is 21.8. The molecule has 31 heavy (non-hydrogen) atoms. The van der Waals surface area contributed by atoms with Gasteiger partial charge >= 0.3 is 0 Å². The number of carbonyl (C=O) groups excluding carboxylic acids is 2.